The van der Waals surface area contributed by atoms with Gasteiger partial charge in [-0.2, -0.15) is 18.2 Å². The van der Waals surface area contributed by atoms with E-state index in [9.17, 15) is 17.6 Å². The van der Waals surface area contributed by atoms with Gasteiger partial charge in [-0.05, 0) is 0 Å². The number of hydrogen-bond donors (Lipinski definition) is 2. The normalized spacial score (nSPS) is 14.0. The molecule has 0 radical (unpaired) electrons. The monoisotopic (exact) mass is 211 g/mol. The number of hydrogen-bond acceptors (Lipinski definition) is 4. The van der Waals surface area contributed by atoms with Crippen LogP contribution in [0.25, 0.3) is 0 Å². The van der Waals surface area contributed by atoms with Gasteiger partial charge in [-0.3, -0.25) is 0 Å². The number of anilines is 1. The summed E-state index contributed by atoms with van der Waals surface area (Å²) in [5.41, 5.74) is 3.91. The summed E-state index contributed by atoms with van der Waals surface area (Å²) in [6.45, 7) is 0. The van der Waals surface area contributed by atoms with Crippen LogP contribution in [0.3, 0.4) is 0 Å². The van der Waals surface area contributed by atoms with Crippen molar-refractivity contribution >= 4 is 5.95 Å². The van der Waals surface area contributed by atoms with Crippen LogP contribution in [0, 0.1) is 0 Å². The molecule has 1 aromatic rings. The van der Waals surface area contributed by atoms with Crippen LogP contribution in [-0.4, -0.2) is 21.3 Å². The molecule has 3 N–H and O–H groups in total. The van der Waals surface area contributed by atoms with E-state index in [4.69, 9.17) is 10.8 Å². The Hall–Kier alpha value is -1.60. The summed E-state index contributed by atoms with van der Waals surface area (Å²) in [5.74, 6) is -1.42. The molecule has 0 saturated carbocycles. The molecule has 0 aliphatic heterocycles. The smallest absolute Gasteiger partial charge is 0.425 e. The molecule has 0 amide bonds. The molecular formula is C6H5F4N3O. The van der Waals surface area contributed by atoms with Crippen molar-refractivity contribution in [1.29, 1.82) is 0 Å². The average molecular weight is 211 g/mol. The summed E-state index contributed by atoms with van der Waals surface area (Å²) < 4.78 is 48.1. The molecule has 1 heterocycles. The summed E-state index contributed by atoms with van der Waals surface area (Å²) in [7, 11) is 0. The first kappa shape index (κ1) is 10.5. The molecule has 1 unspecified atom stereocenters. The molecule has 0 saturated heterocycles. The van der Waals surface area contributed by atoms with Crippen LogP contribution in [0.4, 0.5) is 23.5 Å². The second kappa shape index (κ2) is 3.28. The fourth-order valence-electron chi connectivity index (χ4n) is 0.769. The quantitative estimate of drug-likeness (QED) is 0.687. The summed E-state index contributed by atoms with van der Waals surface area (Å²) >= 11 is 0. The van der Waals surface area contributed by atoms with E-state index in [0.717, 1.165) is 0 Å². The zero-order valence-corrected chi connectivity index (χ0v) is 6.59. The summed E-state index contributed by atoms with van der Waals surface area (Å²) in [5, 5.41) is 8.74. The summed E-state index contributed by atoms with van der Waals surface area (Å²) in [4.78, 5) is 6.10. The first-order valence-electron chi connectivity index (χ1n) is 3.35. The van der Waals surface area contributed by atoms with Crippen LogP contribution in [0.15, 0.2) is 6.07 Å². The van der Waals surface area contributed by atoms with Crippen molar-refractivity contribution in [2.75, 3.05) is 5.73 Å². The Morgan fingerprint density at radius 3 is 2.36 bits per heavy atom. The lowest BCUT2D eigenvalue weighted by molar-refractivity contribution is -0.183. The van der Waals surface area contributed by atoms with Crippen LogP contribution in [-0.2, 0) is 0 Å². The Labute approximate surface area is 75.4 Å². The Morgan fingerprint density at radius 2 is 1.93 bits per heavy atom. The molecule has 0 bridgehead atoms. The third kappa shape index (κ3) is 2.21. The molecule has 14 heavy (non-hydrogen) atoms. The van der Waals surface area contributed by atoms with Crippen molar-refractivity contribution in [1.82, 2.24) is 9.97 Å². The number of halogens is 4. The van der Waals surface area contributed by atoms with Crippen LogP contribution in [0.5, 0.6) is 5.88 Å². The van der Waals surface area contributed by atoms with E-state index in [2.05, 4.69) is 9.97 Å². The highest BCUT2D eigenvalue weighted by molar-refractivity contribution is 5.26. The second-order valence-corrected chi connectivity index (χ2v) is 2.41. The third-order valence-corrected chi connectivity index (χ3v) is 1.30. The first-order valence-corrected chi connectivity index (χ1v) is 3.35. The fraction of sp³-hybridized carbons (Fsp3) is 0.333. The summed E-state index contributed by atoms with van der Waals surface area (Å²) in [6, 6.07) is 0.467. The molecule has 78 valence electrons. The van der Waals surface area contributed by atoms with Gasteiger partial charge in [-0.15, -0.1) is 0 Å². The zero-order chi connectivity index (χ0) is 10.9. The van der Waals surface area contributed by atoms with Gasteiger partial charge in [0.05, 0.1) is 5.69 Å². The molecular weight excluding hydrogens is 206 g/mol. The predicted octanol–water partition coefficient (Wildman–Crippen LogP) is 1.34. The molecule has 8 heteroatoms. The van der Waals surface area contributed by atoms with E-state index in [0.29, 0.717) is 6.07 Å². The average Bonchev–Trinajstić information content (AvgIpc) is 1.99. The van der Waals surface area contributed by atoms with E-state index in [-0.39, 0.29) is 0 Å². The van der Waals surface area contributed by atoms with Gasteiger partial charge in [0, 0.05) is 6.07 Å². The molecule has 0 aromatic carbocycles. The lowest BCUT2D eigenvalue weighted by Crippen LogP contribution is -2.18. The maximum absolute atomic E-state index is 12.6. The van der Waals surface area contributed by atoms with Crippen molar-refractivity contribution in [2.24, 2.45) is 0 Å². The Bertz CT molecular complexity index is 320. The third-order valence-electron chi connectivity index (χ3n) is 1.30. The van der Waals surface area contributed by atoms with E-state index < -0.39 is 29.9 Å². The van der Waals surface area contributed by atoms with Crippen molar-refractivity contribution in [3.63, 3.8) is 0 Å². The van der Waals surface area contributed by atoms with Gasteiger partial charge < -0.3 is 10.8 Å². The molecule has 0 aliphatic carbocycles. The lowest BCUT2D eigenvalue weighted by atomic mass is 10.2. The maximum Gasteiger partial charge on any atom is 0.425 e. The van der Waals surface area contributed by atoms with Crippen LogP contribution >= 0.6 is 0 Å². The number of nitrogen functional groups attached to an aromatic ring is 1. The fourth-order valence-corrected chi connectivity index (χ4v) is 0.769. The SMILES string of the molecule is Nc1nc(O)cc(C(F)C(F)(F)F)n1. The van der Waals surface area contributed by atoms with Crippen molar-refractivity contribution < 1.29 is 22.7 Å². The van der Waals surface area contributed by atoms with Gasteiger partial charge in [-0.1, -0.05) is 0 Å². The molecule has 1 aromatic heterocycles. The number of rotatable bonds is 1. The van der Waals surface area contributed by atoms with Gasteiger partial charge in [0.2, 0.25) is 18.0 Å². The standard InChI is InChI=1S/C6H5F4N3O/c7-4(6(8,9)10)2-1-3(14)13-5(11)12-2/h1,4H,(H3,11,12,13,14). The Balaban J connectivity index is 3.07. The highest BCUT2D eigenvalue weighted by Crippen LogP contribution is 2.35. The van der Waals surface area contributed by atoms with E-state index in [1.807, 2.05) is 0 Å². The largest absolute Gasteiger partial charge is 0.493 e. The van der Waals surface area contributed by atoms with Gasteiger partial charge in [-0.25, -0.2) is 9.37 Å². The predicted molar refractivity (Wildman–Crippen MR) is 38.0 cm³/mol. The minimum atomic E-state index is -5.08. The van der Waals surface area contributed by atoms with Gasteiger partial charge in [0.25, 0.3) is 0 Å². The summed E-state index contributed by atoms with van der Waals surface area (Å²) in [6.07, 6.45) is -8.36. The lowest BCUT2D eigenvalue weighted by Gasteiger charge is -2.11. The van der Waals surface area contributed by atoms with Gasteiger partial charge in [0.15, 0.2) is 0 Å². The first-order chi connectivity index (χ1) is 6.30. The number of alkyl halides is 4. The maximum atomic E-state index is 12.6. The minimum Gasteiger partial charge on any atom is -0.493 e. The van der Waals surface area contributed by atoms with E-state index in [1.54, 1.807) is 0 Å². The molecule has 0 aliphatic rings. The molecule has 0 spiro atoms. The van der Waals surface area contributed by atoms with Gasteiger partial charge >= 0.3 is 6.18 Å². The molecule has 1 atom stereocenters. The van der Waals surface area contributed by atoms with Crippen LogP contribution in [0.1, 0.15) is 11.9 Å². The van der Waals surface area contributed by atoms with Crippen LogP contribution in [0.2, 0.25) is 0 Å². The van der Waals surface area contributed by atoms with Crippen molar-refractivity contribution in [3.8, 4) is 5.88 Å². The Morgan fingerprint density at radius 1 is 1.36 bits per heavy atom. The van der Waals surface area contributed by atoms with Crippen molar-refractivity contribution in [3.05, 3.63) is 11.8 Å². The number of aromatic hydroxyl groups is 1. The second-order valence-electron chi connectivity index (χ2n) is 2.41. The highest BCUT2D eigenvalue weighted by Gasteiger charge is 2.42. The molecule has 1 rings (SSSR count). The van der Waals surface area contributed by atoms with E-state index >= 15 is 0 Å². The topological polar surface area (TPSA) is 72.0 Å². The minimum absolute atomic E-state index is 0.467. The zero-order valence-electron chi connectivity index (χ0n) is 6.59. The van der Waals surface area contributed by atoms with Gasteiger partial charge in [0.1, 0.15) is 0 Å². The number of aromatic nitrogens is 2. The molecule has 0 fully saturated rings. The Kier molecular flexibility index (Phi) is 2.45. The van der Waals surface area contributed by atoms with Crippen LogP contribution < -0.4 is 5.73 Å². The number of nitrogens with two attached hydrogens (primary N) is 1. The molecule has 4 nitrogen and oxygen atoms in total. The van der Waals surface area contributed by atoms with E-state index in [1.165, 1.54) is 0 Å². The van der Waals surface area contributed by atoms with Crippen molar-refractivity contribution in [2.45, 2.75) is 12.3 Å². The highest BCUT2D eigenvalue weighted by atomic mass is 19.4. The number of nitrogens with zero attached hydrogens (tertiary/aromatic N) is 2.